The Labute approximate surface area is 165 Å². The number of aliphatic hydroxyl groups excluding tert-OH is 1. The molecular formula is C22H28N4O2. The Morgan fingerprint density at radius 3 is 2.64 bits per heavy atom. The van der Waals surface area contributed by atoms with Crippen LogP contribution in [-0.4, -0.2) is 48.6 Å². The zero-order valence-corrected chi connectivity index (χ0v) is 16.0. The highest BCUT2D eigenvalue weighted by Gasteiger charge is 2.12. The molecule has 6 N–H and O–H groups in total. The van der Waals surface area contributed by atoms with E-state index in [4.69, 9.17) is 26.7 Å². The van der Waals surface area contributed by atoms with Gasteiger partial charge in [0.25, 0.3) is 0 Å². The molecule has 2 aromatic carbocycles. The van der Waals surface area contributed by atoms with Crippen molar-refractivity contribution in [3.05, 3.63) is 70.4 Å². The highest BCUT2D eigenvalue weighted by molar-refractivity contribution is 6.15. The number of rotatable bonds is 7. The van der Waals surface area contributed by atoms with E-state index in [1.807, 2.05) is 24.3 Å². The molecule has 0 radical (unpaired) electrons. The number of morpholine rings is 1. The minimum atomic E-state index is 0.0685. The van der Waals surface area contributed by atoms with E-state index in [0.717, 1.165) is 44.0 Å². The van der Waals surface area contributed by atoms with E-state index < -0.39 is 0 Å². The van der Waals surface area contributed by atoms with Crippen LogP contribution < -0.4 is 11.5 Å². The Bertz CT molecular complexity index is 857. The molecule has 0 bridgehead atoms. The van der Waals surface area contributed by atoms with E-state index in [2.05, 4.69) is 17.0 Å². The SMILES string of the molecule is N=C(/C(N)=C/c1cccc(CN2CCOCC2)c1)c1ccc(CCO)cc1N. The number of nitrogen functional groups attached to an aromatic ring is 1. The third-order valence-electron chi connectivity index (χ3n) is 4.86. The molecule has 6 nitrogen and oxygen atoms in total. The van der Waals surface area contributed by atoms with Crippen molar-refractivity contribution in [3.63, 3.8) is 0 Å². The van der Waals surface area contributed by atoms with Gasteiger partial charge in [0.05, 0.1) is 24.6 Å². The van der Waals surface area contributed by atoms with Crippen molar-refractivity contribution in [2.45, 2.75) is 13.0 Å². The van der Waals surface area contributed by atoms with Gasteiger partial charge in [-0.2, -0.15) is 0 Å². The fraction of sp³-hybridized carbons (Fsp3) is 0.318. The van der Waals surface area contributed by atoms with Gasteiger partial charge in [-0.1, -0.05) is 36.4 Å². The lowest BCUT2D eigenvalue weighted by Crippen LogP contribution is -2.35. The normalized spacial score (nSPS) is 15.5. The van der Waals surface area contributed by atoms with Gasteiger partial charge in [-0.3, -0.25) is 10.3 Å². The number of benzene rings is 2. The van der Waals surface area contributed by atoms with Crippen LogP contribution in [-0.2, 0) is 17.7 Å². The largest absolute Gasteiger partial charge is 0.398 e. The molecule has 1 fully saturated rings. The Kier molecular flexibility index (Phi) is 6.81. The van der Waals surface area contributed by atoms with Crippen LogP contribution >= 0.6 is 0 Å². The molecule has 6 heteroatoms. The average Bonchev–Trinajstić information content (AvgIpc) is 2.69. The first-order chi connectivity index (χ1) is 13.6. The molecule has 3 rings (SSSR count). The first-order valence-corrected chi connectivity index (χ1v) is 9.51. The molecule has 0 amide bonds. The molecule has 1 heterocycles. The Hall–Kier alpha value is -2.67. The van der Waals surface area contributed by atoms with Crippen LogP contribution in [0.2, 0.25) is 0 Å². The number of anilines is 1. The number of aliphatic hydroxyl groups is 1. The lowest BCUT2D eigenvalue weighted by atomic mass is 10.0. The van der Waals surface area contributed by atoms with E-state index in [1.165, 1.54) is 5.56 Å². The quantitative estimate of drug-likeness (QED) is 0.434. The Morgan fingerprint density at radius 2 is 1.93 bits per heavy atom. The summed E-state index contributed by atoms with van der Waals surface area (Å²) in [5.74, 6) is 0. The van der Waals surface area contributed by atoms with Crippen molar-refractivity contribution in [1.82, 2.24) is 4.90 Å². The van der Waals surface area contributed by atoms with Crippen LogP contribution in [0.4, 0.5) is 5.69 Å². The van der Waals surface area contributed by atoms with E-state index in [9.17, 15) is 0 Å². The average molecular weight is 380 g/mol. The van der Waals surface area contributed by atoms with Crippen LogP contribution in [0.3, 0.4) is 0 Å². The summed E-state index contributed by atoms with van der Waals surface area (Å²) >= 11 is 0. The Balaban J connectivity index is 1.73. The zero-order chi connectivity index (χ0) is 19.9. The molecule has 1 saturated heterocycles. The summed E-state index contributed by atoms with van der Waals surface area (Å²) < 4.78 is 5.40. The highest BCUT2D eigenvalue weighted by atomic mass is 16.5. The van der Waals surface area contributed by atoms with E-state index in [1.54, 1.807) is 12.1 Å². The molecular weight excluding hydrogens is 352 g/mol. The Morgan fingerprint density at radius 1 is 1.14 bits per heavy atom. The van der Waals surface area contributed by atoms with Crippen molar-refractivity contribution in [2.24, 2.45) is 5.73 Å². The second-order valence-corrected chi connectivity index (χ2v) is 7.00. The molecule has 1 aliphatic heterocycles. The summed E-state index contributed by atoms with van der Waals surface area (Å²) in [6.07, 6.45) is 2.35. The molecule has 0 unspecified atom stereocenters. The van der Waals surface area contributed by atoms with Crippen molar-refractivity contribution >= 4 is 17.5 Å². The van der Waals surface area contributed by atoms with Gasteiger partial charge in [-0.25, -0.2) is 0 Å². The maximum absolute atomic E-state index is 9.05. The smallest absolute Gasteiger partial charge is 0.0862 e. The molecule has 0 saturated carbocycles. The number of hydrogen-bond acceptors (Lipinski definition) is 6. The van der Waals surface area contributed by atoms with Crippen molar-refractivity contribution in [1.29, 1.82) is 5.41 Å². The van der Waals surface area contributed by atoms with E-state index in [0.29, 0.717) is 23.4 Å². The maximum Gasteiger partial charge on any atom is 0.0862 e. The van der Waals surface area contributed by atoms with Gasteiger partial charge in [-0.15, -0.1) is 0 Å². The molecule has 28 heavy (non-hydrogen) atoms. The highest BCUT2D eigenvalue weighted by Crippen LogP contribution is 2.19. The summed E-state index contributed by atoms with van der Waals surface area (Å²) in [5.41, 5.74) is 17.1. The third-order valence-corrected chi connectivity index (χ3v) is 4.86. The maximum atomic E-state index is 9.05. The first kappa shape index (κ1) is 20.1. The molecule has 0 aromatic heterocycles. The van der Waals surface area contributed by atoms with Gasteiger partial charge in [0, 0.05) is 37.5 Å². The van der Waals surface area contributed by atoms with Crippen LogP contribution in [0.25, 0.3) is 6.08 Å². The summed E-state index contributed by atoms with van der Waals surface area (Å²) in [5, 5.41) is 17.5. The number of hydrogen-bond donors (Lipinski definition) is 4. The minimum absolute atomic E-state index is 0.0685. The second kappa shape index (κ2) is 9.50. The van der Waals surface area contributed by atoms with Gasteiger partial charge in [0.15, 0.2) is 0 Å². The molecule has 1 aliphatic rings. The van der Waals surface area contributed by atoms with Crippen LogP contribution in [0, 0.1) is 5.41 Å². The van der Waals surface area contributed by atoms with Crippen LogP contribution in [0.15, 0.2) is 48.2 Å². The number of ether oxygens (including phenoxy) is 1. The number of allylic oxidation sites excluding steroid dienone is 1. The number of nitrogens with two attached hydrogens (primary N) is 2. The second-order valence-electron chi connectivity index (χ2n) is 7.00. The first-order valence-electron chi connectivity index (χ1n) is 9.51. The predicted molar refractivity (Wildman–Crippen MR) is 113 cm³/mol. The van der Waals surface area contributed by atoms with E-state index in [-0.39, 0.29) is 12.3 Å². The zero-order valence-electron chi connectivity index (χ0n) is 16.0. The standard InChI is InChI=1S/C22H28N4O2/c23-20-13-16(6-9-27)4-5-19(20)22(25)21(24)14-17-2-1-3-18(12-17)15-26-7-10-28-11-8-26/h1-5,12-14,25,27H,6-11,15,23-24H2/b21-14-,25-22?. The van der Waals surface area contributed by atoms with Gasteiger partial charge < -0.3 is 21.3 Å². The monoisotopic (exact) mass is 380 g/mol. The summed E-state index contributed by atoms with van der Waals surface area (Å²) in [6, 6.07) is 13.6. The molecule has 2 aromatic rings. The number of nitrogens with zero attached hydrogens (tertiary/aromatic N) is 1. The van der Waals surface area contributed by atoms with E-state index >= 15 is 0 Å². The van der Waals surface area contributed by atoms with Gasteiger partial charge in [0.2, 0.25) is 0 Å². The van der Waals surface area contributed by atoms with Crippen molar-refractivity contribution < 1.29 is 9.84 Å². The summed E-state index contributed by atoms with van der Waals surface area (Å²) in [6.45, 7) is 4.39. The van der Waals surface area contributed by atoms with Crippen LogP contribution in [0.1, 0.15) is 22.3 Å². The van der Waals surface area contributed by atoms with Gasteiger partial charge >= 0.3 is 0 Å². The third kappa shape index (κ3) is 5.19. The summed E-state index contributed by atoms with van der Waals surface area (Å²) in [4.78, 5) is 2.37. The lowest BCUT2D eigenvalue weighted by molar-refractivity contribution is 0.0342. The van der Waals surface area contributed by atoms with Crippen molar-refractivity contribution in [3.8, 4) is 0 Å². The fourth-order valence-corrected chi connectivity index (χ4v) is 3.33. The molecule has 148 valence electrons. The molecule has 0 aliphatic carbocycles. The molecule has 0 atom stereocenters. The molecule has 0 spiro atoms. The summed E-state index contributed by atoms with van der Waals surface area (Å²) in [7, 11) is 0. The van der Waals surface area contributed by atoms with Crippen LogP contribution in [0.5, 0.6) is 0 Å². The fourth-order valence-electron chi connectivity index (χ4n) is 3.33. The van der Waals surface area contributed by atoms with Crippen molar-refractivity contribution in [2.75, 3.05) is 38.6 Å². The topological polar surface area (TPSA) is 109 Å². The number of nitrogens with one attached hydrogen (secondary N) is 1. The van der Waals surface area contributed by atoms with Gasteiger partial charge in [-0.05, 0) is 35.3 Å². The van der Waals surface area contributed by atoms with Gasteiger partial charge in [0.1, 0.15) is 0 Å². The lowest BCUT2D eigenvalue weighted by Gasteiger charge is -2.26. The minimum Gasteiger partial charge on any atom is -0.398 e. The predicted octanol–water partition coefficient (Wildman–Crippen LogP) is 2.00.